The van der Waals surface area contributed by atoms with Gasteiger partial charge in [-0.3, -0.25) is 0 Å². The Balaban J connectivity index is 0.00000441. The number of guanidine groups is 1. The van der Waals surface area contributed by atoms with Crippen LogP contribution >= 0.6 is 24.0 Å². The van der Waals surface area contributed by atoms with Crippen LogP contribution in [0.3, 0.4) is 0 Å². The van der Waals surface area contributed by atoms with E-state index < -0.39 is 0 Å². The summed E-state index contributed by atoms with van der Waals surface area (Å²) in [4.78, 5) is 8.75. The maximum Gasteiger partial charge on any atom is 0.212 e. The zero-order valence-corrected chi connectivity index (χ0v) is 16.4. The Morgan fingerprint density at radius 2 is 2.09 bits per heavy atom. The highest BCUT2D eigenvalue weighted by Crippen LogP contribution is 2.07. The van der Waals surface area contributed by atoms with Crippen molar-refractivity contribution < 1.29 is 4.74 Å². The van der Waals surface area contributed by atoms with E-state index in [0.717, 1.165) is 37.0 Å². The minimum Gasteiger partial charge on any atom is -0.481 e. The Morgan fingerprint density at radius 3 is 2.64 bits per heavy atom. The fourth-order valence-corrected chi connectivity index (χ4v) is 1.85. The molecule has 0 bridgehead atoms. The third-order valence-electron chi connectivity index (χ3n) is 3.02. The van der Waals surface area contributed by atoms with Gasteiger partial charge in [0.2, 0.25) is 5.88 Å². The Kier molecular flexibility index (Phi) is 11.9. The Bertz CT molecular complexity index is 421. The molecule has 1 aromatic heterocycles. The van der Waals surface area contributed by atoms with E-state index in [9.17, 15) is 0 Å². The summed E-state index contributed by atoms with van der Waals surface area (Å²) in [7, 11) is 1.62. The number of rotatable bonds is 8. The average molecular weight is 420 g/mol. The summed E-state index contributed by atoms with van der Waals surface area (Å²) in [5.74, 6) is 2.23. The molecule has 0 saturated carbocycles. The third-order valence-corrected chi connectivity index (χ3v) is 3.02. The number of nitrogens with one attached hydrogen (secondary N) is 2. The molecule has 0 saturated heterocycles. The van der Waals surface area contributed by atoms with Gasteiger partial charge < -0.3 is 15.4 Å². The fraction of sp³-hybridized carbons (Fsp3) is 0.625. The quantitative estimate of drug-likeness (QED) is 0.294. The molecule has 0 aromatic carbocycles. The van der Waals surface area contributed by atoms with Gasteiger partial charge in [-0.25, -0.2) is 9.98 Å². The molecule has 1 rings (SSSR count). The van der Waals surface area contributed by atoms with Crippen molar-refractivity contribution in [2.24, 2.45) is 10.9 Å². The van der Waals surface area contributed by atoms with Crippen molar-refractivity contribution in [2.45, 2.75) is 40.2 Å². The molecular formula is C16H29IN4O. The summed E-state index contributed by atoms with van der Waals surface area (Å²) in [6.07, 6.45) is 4.19. The number of ether oxygens (including phenoxy) is 1. The van der Waals surface area contributed by atoms with E-state index in [2.05, 4.69) is 41.4 Å². The summed E-state index contributed by atoms with van der Waals surface area (Å²) in [5, 5.41) is 6.62. The van der Waals surface area contributed by atoms with E-state index in [1.165, 1.54) is 6.42 Å². The van der Waals surface area contributed by atoms with Crippen LogP contribution in [-0.2, 0) is 6.54 Å². The van der Waals surface area contributed by atoms with Crippen molar-refractivity contribution in [3.8, 4) is 5.88 Å². The molecule has 0 aliphatic heterocycles. The van der Waals surface area contributed by atoms with Gasteiger partial charge in [-0.15, -0.1) is 24.0 Å². The van der Waals surface area contributed by atoms with Gasteiger partial charge in [0.05, 0.1) is 13.7 Å². The number of aliphatic imine (C=N–C) groups is 1. The summed E-state index contributed by atoms with van der Waals surface area (Å²) in [6, 6.07) is 3.84. The van der Waals surface area contributed by atoms with E-state index in [1.807, 2.05) is 12.1 Å². The minimum atomic E-state index is 0. The highest BCUT2D eigenvalue weighted by molar-refractivity contribution is 14.0. The van der Waals surface area contributed by atoms with E-state index >= 15 is 0 Å². The predicted molar refractivity (Wildman–Crippen MR) is 103 cm³/mol. The lowest BCUT2D eigenvalue weighted by molar-refractivity contribution is 0.397. The highest BCUT2D eigenvalue weighted by Gasteiger charge is 1.99. The van der Waals surface area contributed by atoms with Crippen LogP contribution in [0.5, 0.6) is 5.88 Å². The molecule has 6 heteroatoms. The molecule has 5 nitrogen and oxygen atoms in total. The maximum atomic E-state index is 5.05. The first-order valence-corrected chi connectivity index (χ1v) is 7.66. The van der Waals surface area contributed by atoms with Crippen molar-refractivity contribution in [3.05, 3.63) is 23.9 Å². The molecule has 0 spiro atoms. The van der Waals surface area contributed by atoms with Gasteiger partial charge in [-0.05, 0) is 31.2 Å². The van der Waals surface area contributed by atoms with Crippen LogP contribution in [0.2, 0.25) is 0 Å². The zero-order valence-electron chi connectivity index (χ0n) is 14.1. The third kappa shape index (κ3) is 9.07. The van der Waals surface area contributed by atoms with Crippen molar-refractivity contribution in [3.63, 3.8) is 0 Å². The van der Waals surface area contributed by atoms with Gasteiger partial charge in [-0.1, -0.05) is 19.9 Å². The second-order valence-electron chi connectivity index (χ2n) is 5.37. The largest absolute Gasteiger partial charge is 0.481 e. The van der Waals surface area contributed by atoms with Crippen LogP contribution in [-0.4, -0.2) is 31.1 Å². The van der Waals surface area contributed by atoms with Gasteiger partial charge in [0, 0.05) is 25.4 Å². The highest BCUT2D eigenvalue weighted by atomic mass is 127. The van der Waals surface area contributed by atoms with Crippen molar-refractivity contribution in [2.75, 3.05) is 20.2 Å². The topological polar surface area (TPSA) is 58.5 Å². The molecule has 0 atom stereocenters. The second-order valence-corrected chi connectivity index (χ2v) is 5.37. The smallest absolute Gasteiger partial charge is 0.212 e. The lowest BCUT2D eigenvalue weighted by atomic mass is 10.1. The molecule has 22 heavy (non-hydrogen) atoms. The first kappa shape index (κ1) is 20.9. The summed E-state index contributed by atoms with van der Waals surface area (Å²) in [6.45, 7) is 8.98. The van der Waals surface area contributed by atoms with Gasteiger partial charge in [0.15, 0.2) is 5.96 Å². The number of methoxy groups -OCH3 is 1. The van der Waals surface area contributed by atoms with E-state index in [1.54, 1.807) is 13.3 Å². The zero-order chi connectivity index (χ0) is 15.5. The van der Waals surface area contributed by atoms with Crippen molar-refractivity contribution in [1.82, 2.24) is 15.6 Å². The molecule has 0 aliphatic rings. The van der Waals surface area contributed by atoms with E-state index in [0.29, 0.717) is 12.4 Å². The SMILES string of the molecule is CCNC(=NCc1ccc(OC)nc1)NCCCC(C)C.I. The maximum absolute atomic E-state index is 5.05. The Labute approximate surface area is 151 Å². The molecule has 0 aliphatic carbocycles. The first-order valence-electron chi connectivity index (χ1n) is 7.66. The molecule has 126 valence electrons. The average Bonchev–Trinajstić information content (AvgIpc) is 2.49. The summed E-state index contributed by atoms with van der Waals surface area (Å²) >= 11 is 0. The lowest BCUT2D eigenvalue weighted by Gasteiger charge is -2.12. The monoisotopic (exact) mass is 420 g/mol. The molecule has 0 radical (unpaired) electrons. The van der Waals surface area contributed by atoms with Gasteiger partial charge in [-0.2, -0.15) is 0 Å². The minimum absolute atomic E-state index is 0. The molecule has 0 amide bonds. The molecular weight excluding hydrogens is 391 g/mol. The molecule has 0 fully saturated rings. The summed E-state index contributed by atoms with van der Waals surface area (Å²) < 4.78 is 5.05. The molecule has 1 heterocycles. The normalized spacial score (nSPS) is 11.0. The van der Waals surface area contributed by atoms with Crippen LogP contribution in [0.15, 0.2) is 23.3 Å². The lowest BCUT2D eigenvalue weighted by Crippen LogP contribution is -2.37. The first-order chi connectivity index (χ1) is 10.2. The number of halogens is 1. The molecule has 1 aromatic rings. The number of aromatic nitrogens is 1. The second kappa shape index (κ2) is 12.5. The van der Waals surface area contributed by atoms with Crippen LogP contribution in [0.4, 0.5) is 0 Å². The number of hydrogen-bond acceptors (Lipinski definition) is 3. The Hall–Kier alpha value is -1.05. The van der Waals surface area contributed by atoms with Crippen LogP contribution in [0.1, 0.15) is 39.2 Å². The number of nitrogens with zero attached hydrogens (tertiary/aromatic N) is 2. The van der Waals surface area contributed by atoms with Crippen LogP contribution in [0, 0.1) is 5.92 Å². The van der Waals surface area contributed by atoms with E-state index in [-0.39, 0.29) is 24.0 Å². The van der Waals surface area contributed by atoms with Gasteiger partial charge in [0.1, 0.15) is 0 Å². The van der Waals surface area contributed by atoms with E-state index in [4.69, 9.17) is 4.74 Å². The van der Waals surface area contributed by atoms with Gasteiger partial charge in [0.25, 0.3) is 0 Å². The van der Waals surface area contributed by atoms with Crippen molar-refractivity contribution in [1.29, 1.82) is 0 Å². The number of pyridine rings is 1. The van der Waals surface area contributed by atoms with Gasteiger partial charge >= 0.3 is 0 Å². The summed E-state index contributed by atoms with van der Waals surface area (Å²) in [5.41, 5.74) is 1.06. The van der Waals surface area contributed by atoms with Crippen molar-refractivity contribution >= 4 is 29.9 Å². The number of hydrogen-bond donors (Lipinski definition) is 2. The predicted octanol–water partition coefficient (Wildman–Crippen LogP) is 3.20. The fourth-order valence-electron chi connectivity index (χ4n) is 1.85. The molecule has 2 N–H and O–H groups in total. The van der Waals surface area contributed by atoms with Crippen LogP contribution in [0.25, 0.3) is 0 Å². The molecule has 0 unspecified atom stereocenters. The standard InChI is InChI=1S/C16H28N4O.HI/c1-5-17-16(18-10-6-7-13(2)3)20-12-14-8-9-15(21-4)19-11-14;/h8-9,11,13H,5-7,10,12H2,1-4H3,(H2,17,18,20);1H. The van der Waals surface area contributed by atoms with Crippen LogP contribution < -0.4 is 15.4 Å². The Morgan fingerprint density at radius 1 is 1.32 bits per heavy atom.